The molecule has 126 valence electrons. The predicted octanol–water partition coefficient (Wildman–Crippen LogP) is 5.45. The fourth-order valence-corrected chi connectivity index (χ4v) is 3.17. The first kappa shape index (κ1) is 16.4. The van der Waals surface area contributed by atoms with E-state index < -0.39 is 0 Å². The van der Waals surface area contributed by atoms with Gasteiger partial charge in [0, 0.05) is 30.4 Å². The minimum absolute atomic E-state index is 0.225. The molecule has 0 fully saturated rings. The van der Waals surface area contributed by atoms with Gasteiger partial charge in [-0.25, -0.2) is 0 Å². The summed E-state index contributed by atoms with van der Waals surface area (Å²) in [7, 11) is 2.06. The lowest BCUT2D eigenvalue weighted by Gasteiger charge is -2.27. The smallest absolute Gasteiger partial charge is 0.158 e. The highest BCUT2D eigenvalue weighted by Crippen LogP contribution is 2.35. The Morgan fingerprint density at radius 3 is 2.75 bits per heavy atom. The molecule has 1 atom stereocenters. The molecule has 0 aliphatic carbocycles. The van der Waals surface area contributed by atoms with Gasteiger partial charge in [-0.05, 0) is 37.5 Å². The Labute approximate surface area is 144 Å². The molecule has 2 aromatic rings. The Morgan fingerprint density at radius 1 is 1.33 bits per heavy atom. The van der Waals surface area contributed by atoms with Gasteiger partial charge in [-0.2, -0.15) is 0 Å². The standard InChI is InChI=1S/C21H26N2O/c1-6-8-9-17-10-11-20-19(14-17)18(7-2)21(24-20)15(3)23-13-12-22(5)16(23)4/h7,10-14,16H,2-3,6,8-9H2,1,4-5H3. The number of furan rings is 1. The van der Waals surface area contributed by atoms with Crippen molar-refractivity contribution in [2.24, 2.45) is 0 Å². The summed E-state index contributed by atoms with van der Waals surface area (Å²) in [6, 6.07) is 6.46. The van der Waals surface area contributed by atoms with Gasteiger partial charge in [-0.1, -0.05) is 38.6 Å². The third-order valence-electron chi connectivity index (χ3n) is 4.84. The Hall–Kier alpha value is -2.42. The van der Waals surface area contributed by atoms with Crippen molar-refractivity contribution in [1.82, 2.24) is 9.80 Å². The fourth-order valence-electron chi connectivity index (χ4n) is 3.17. The van der Waals surface area contributed by atoms with Gasteiger partial charge >= 0.3 is 0 Å². The zero-order valence-electron chi connectivity index (χ0n) is 14.9. The van der Waals surface area contributed by atoms with Crippen molar-refractivity contribution in [2.45, 2.75) is 39.3 Å². The van der Waals surface area contributed by atoms with Crippen LogP contribution in [0.5, 0.6) is 0 Å². The van der Waals surface area contributed by atoms with Crippen LogP contribution in [0, 0.1) is 0 Å². The van der Waals surface area contributed by atoms with Crippen molar-refractivity contribution in [3.05, 3.63) is 60.6 Å². The van der Waals surface area contributed by atoms with Crippen LogP contribution in [-0.4, -0.2) is 23.0 Å². The number of benzene rings is 1. The Kier molecular flexibility index (Phi) is 4.52. The van der Waals surface area contributed by atoms with Gasteiger partial charge in [0.15, 0.2) is 5.76 Å². The maximum Gasteiger partial charge on any atom is 0.158 e. The number of nitrogens with zero attached hydrogens (tertiary/aromatic N) is 2. The molecule has 1 aromatic carbocycles. The third kappa shape index (κ3) is 2.75. The van der Waals surface area contributed by atoms with E-state index in [1.54, 1.807) is 0 Å². The molecule has 1 aliphatic rings. The number of hydrogen-bond acceptors (Lipinski definition) is 3. The number of hydrogen-bond donors (Lipinski definition) is 0. The molecule has 0 spiro atoms. The van der Waals surface area contributed by atoms with Gasteiger partial charge in [0.25, 0.3) is 0 Å². The van der Waals surface area contributed by atoms with Crippen LogP contribution in [0.4, 0.5) is 0 Å². The van der Waals surface area contributed by atoms with Crippen molar-refractivity contribution in [3.8, 4) is 0 Å². The zero-order chi connectivity index (χ0) is 17.3. The van der Waals surface area contributed by atoms with Crippen molar-refractivity contribution in [3.63, 3.8) is 0 Å². The van der Waals surface area contributed by atoms with Crippen LogP contribution in [0.25, 0.3) is 22.7 Å². The van der Waals surface area contributed by atoms with Crippen LogP contribution in [0.2, 0.25) is 0 Å². The van der Waals surface area contributed by atoms with Gasteiger partial charge in [0.1, 0.15) is 11.7 Å². The quantitative estimate of drug-likeness (QED) is 0.704. The second-order valence-electron chi connectivity index (χ2n) is 6.43. The molecular weight excluding hydrogens is 296 g/mol. The molecule has 1 aromatic heterocycles. The molecule has 1 aliphatic heterocycles. The minimum Gasteiger partial charge on any atom is -0.454 e. The molecule has 3 rings (SSSR count). The molecule has 3 heteroatoms. The van der Waals surface area contributed by atoms with Crippen LogP contribution >= 0.6 is 0 Å². The van der Waals surface area contributed by atoms with E-state index in [0.717, 1.165) is 34.4 Å². The Morgan fingerprint density at radius 2 is 2.12 bits per heavy atom. The largest absolute Gasteiger partial charge is 0.454 e. The number of fused-ring (bicyclic) bond motifs is 1. The summed E-state index contributed by atoms with van der Waals surface area (Å²) in [5.41, 5.74) is 4.14. The number of rotatable bonds is 6. The molecule has 24 heavy (non-hydrogen) atoms. The van der Waals surface area contributed by atoms with Crippen LogP contribution < -0.4 is 0 Å². The number of aryl methyl sites for hydroxylation is 1. The SMILES string of the molecule is C=Cc1c(C(=C)N2C=CN(C)C2C)oc2ccc(CCCC)cc12. The molecule has 3 nitrogen and oxygen atoms in total. The zero-order valence-corrected chi connectivity index (χ0v) is 14.9. The highest BCUT2D eigenvalue weighted by Gasteiger charge is 2.25. The molecule has 2 heterocycles. The molecule has 0 saturated heterocycles. The van der Waals surface area contributed by atoms with Crippen molar-refractivity contribution in [1.29, 1.82) is 0 Å². The van der Waals surface area contributed by atoms with E-state index >= 15 is 0 Å². The summed E-state index contributed by atoms with van der Waals surface area (Å²) >= 11 is 0. The van der Waals surface area contributed by atoms with Crippen molar-refractivity contribution >= 4 is 22.7 Å². The molecule has 0 saturated carbocycles. The summed E-state index contributed by atoms with van der Waals surface area (Å²) in [5.74, 6) is 0.805. The fraction of sp³-hybridized carbons (Fsp3) is 0.333. The van der Waals surface area contributed by atoms with Crippen LogP contribution in [-0.2, 0) is 6.42 Å². The monoisotopic (exact) mass is 322 g/mol. The topological polar surface area (TPSA) is 19.6 Å². The lowest BCUT2D eigenvalue weighted by molar-refractivity contribution is 0.254. The van der Waals surface area contributed by atoms with Gasteiger partial charge in [-0.3, -0.25) is 0 Å². The Bertz CT molecular complexity index is 800. The number of unbranched alkanes of at least 4 members (excludes halogenated alkanes) is 1. The maximum atomic E-state index is 6.14. The van der Waals surface area contributed by atoms with E-state index in [4.69, 9.17) is 4.42 Å². The average molecular weight is 322 g/mol. The van der Waals surface area contributed by atoms with Crippen molar-refractivity contribution in [2.75, 3.05) is 7.05 Å². The third-order valence-corrected chi connectivity index (χ3v) is 4.84. The summed E-state index contributed by atoms with van der Waals surface area (Å²) in [6.07, 6.45) is 9.70. The van der Waals surface area contributed by atoms with E-state index in [1.807, 2.05) is 12.3 Å². The normalized spacial score (nSPS) is 17.0. The highest BCUT2D eigenvalue weighted by atomic mass is 16.3. The summed E-state index contributed by atoms with van der Waals surface area (Å²) in [5, 5.41) is 1.12. The first-order valence-electron chi connectivity index (χ1n) is 8.62. The van der Waals surface area contributed by atoms with Crippen LogP contribution in [0.3, 0.4) is 0 Å². The van der Waals surface area contributed by atoms with Gasteiger partial charge in [-0.15, -0.1) is 0 Å². The minimum atomic E-state index is 0.225. The van der Waals surface area contributed by atoms with Gasteiger partial charge in [0.2, 0.25) is 0 Å². The van der Waals surface area contributed by atoms with Crippen LogP contribution in [0.1, 0.15) is 43.6 Å². The van der Waals surface area contributed by atoms with Gasteiger partial charge < -0.3 is 14.2 Å². The molecule has 0 bridgehead atoms. The van der Waals surface area contributed by atoms with Crippen molar-refractivity contribution < 1.29 is 4.42 Å². The van der Waals surface area contributed by atoms with E-state index in [9.17, 15) is 0 Å². The molecule has 0 N–H and O–H groups in total. The first-order valence-corrected chi connectivity index (χ1v) is 8.62. The second-order valence-corrected chi connectivity index (χ2v) is 6.43. The predicted molar refractivity (Wildman–Crippen MR) is 102 cm³/mol. The van der Waals surface area contributed by atoms with E-state index in [2.05, 4.69) is 68.3 Å². The summed E-state index contributed by atoms with van der Waals surface area (Å²) in [6.45, 7) is 12.6. The van der Waals surface area contributed by atoms with E-state index in [-0.39, 0.29) is 6.17 Å². The Balaban J connectivity index is 2.00. The maximum absolute atomic E-state index is 6.14. The molecular formula is C21H26N2O. The summed E-state index contributed by atoms with van der Waals surface area (Å²) in [4.78, 5) is 4.27. The van der Waals surface area contributed by atoms with E-state index in [0.29, 0.717) is 0 Å². The van der Waals surface area contributed by atoms with E-state index in [1.165, 1.54) is 18.4 Å². The lowest BCUT2D eigenvalue weighted by atomic mass is 10.0. The van der Waals surface area contributed by atoms with Gasteiger partial charge in [0.05, 0.1) is 5.70 Å². The first-order chi connectivity index (χ1) is 11.6. The molecule has 1 unspecified atom stereocenters. The van der Waals surface area contributed by atoms with Crippen LogP contribution in [0.15, 0.2) is 48.2 Å². The second kappa shape index (κ2) is 6.60. The molecule has 0 amide bonds. The highest BCUT2D eigenvalue weighted by molar-refractivity contribution is 5.92. The molecule has 0 radical (unpaired) electrons. The lowest BCUT2D eigenvalue weighted by Crippen LogP contribution is -2.32. The summed E-state index contributed by atoms with van der Waals surface area (Å²) < 4.78 is 6.14. The average Bonchev–Trinajstić information content (AvgIpc) is 3.12.